The molecule has 0 amide bonds. The van der Waals surface area contributed by atoms with Crippen molar-refractivity contribution in [2.75, 3.05) is 12.5 Å². The molecule has 1 aliphatic rings. The predicted molar refractivity (Wildman–Crippen MR) is 51.4 cm³/mol. The molecule has 1 rings (SSSR count). The summed E-state index contributed by atoms with van der Waals surface area (Å²) in [4.78, 5) is 0. The van der Waals surface area contributed by atoms with Crippen LogP contribution in [-0.2, 0) is 0 Å². The Kier molecular flexibility index (Phi) is 2.69. The van der Waals surface area contributed by atoms with Gasteiger partial charge in [0, 0.05) is 5.25 Å². The molecule has 0 aromatic carbocycles. The molecule has 0 bridgehead atoms. The first kappa shape index (κ1) is 8.15. The average Bonchev–Trinajstić information content (AvgIpc) is 2.63. The van der Waals surface area contributed by atoms with Crippen molar-refractivity contribution in [1.29, 1.82) is 0 Å². The molecule has 0 spiro atoms. The van der Waals surface area contributed by atoms with E-state index in [0.717, 1.165) is 5.25 Å². The Labute approximate surface area is 69.9 Å². The molecule has 3 heteroatoms. The number of thioether (sulfide) groups is 3. The summed E-state index contributed by atoms with van der Waals surface area (Å²) in [5, 5.41) is 0.919. The van der Waals surface area contributed by atoms with Crippen LogP contribution in [0.3, 0.4) is 0 Å². The van der Waals surface area contributed by atoms with E-state index in [9.17, 15) is 0 Å². The minimum Gasteiger partial charge on any atom is -0.136 e. The normalized spacial score (nSPS) is 30.3. The largest absolute Gasteiger partial charge is 0.136 e. The molecule has 1 saturated heterocycles. The molecular formula is C6H12S3. The molecule has 1 aliphatic heterocycles. The second-order valence-corrected chi connectivity index (χ2v) is 6.35. The lowest BCUT2D eigenvalue weighted by Gasteiger charge is -2.05. The van der Waals surface area contributed by atoms with Crippen LogP contribution in [0, 0.1) is 0 Å². The number of rotatable bonds is 3. The first-order valence-electron chi connectivity index (χ1n) is 3.07. The minimum atomic E-state index is 0.550. The fourth-order valence-corrected chi connectivity index (χ4v) is 5.17. The SMILES string of the molecule is CCC1SC1(SC)SC. The van der Waals surface area contributed by atoms with Crippen LogP contribution in [0.15, 0.2) is 0 Å². The lowest BCUT2D eigenvalue weighted by molar-refractivity contribution is 0.943. The quantitative estimate of drug-likeness (QED) is 0.484. The van der Waals surface area contributed by atoms with Gasteiger partial charge in [-0.15, -0.1) is 35.3 Å². The third-order valence-corrected chi connectivity index (χ3v) is 7.50. The highest BCUT2D eigenvalue weighted by atomic mass is 32.3. The lowest BCUT2D eigenvalue weighted by atomic mass is 10.4. The summed E-state index contributed by atoms with van der Waals surface area (Å²) < 4.78 is 0.550. The van der Waals surface area contributed by atoms with Crippen LogP contribution in [0.2, 0.25) is 0 Å². The van der Waals surface area contributed by atoms with Crippen molar-refractivity contribution in [3.8, 4) is 0 Å². The molecule has 0 saturated carbocycles. The van der Waals surface area contributed by atoms with Crippen molar-refractivity contribution in [2.45, 2.75) is 22.0 Å². The van der Waals surface area contributed by atoms with Crippen LogP contribution in [-0.4, -0.2) is 21.2 Å². The molecule has 0 aromatic heterocycles. The Hall–Kier alpha value is 1.05. The fourth-order valence-electron chi connectivity index (χ4n) is 0.940. The molecule has 1 atom stereocenters. The minimum absolute atomic E-state index is 0.550. The standard InChI is InChI=1S/C6H12S3/c1-4-5-6(7-2,8-3)9-5/h5H,4H2,1-3H3. The Morgan fingerprint density at radius 2 is 2.00 bits per heavy atom. The van der Waals surface area contributed by atoms with Crippen molar-refractivity contribution < 1.29 is 0 Å². The van der Waals surface area contributed by atoms with Gasteiger partial charge in [0.05, 0.1) is 0 Å². The Morgan fingerprint density at radius 1 is 1.44 bits per heavy atom. The van der Waals surface area contributed by atoms with Crippen molar-refractivity contribution in [1.82, 2.24) is 0 Å². The van der Waals surface area contributed by atoms with Crippen molar-refractivity contribution in [3.63, 3.8) is 0 Å². The topological polar surface area (TPSA) is 0 Å². The summed E-state index contributed by atoms with van der Waals surface area (Å²) in [5.41, 5.74) is 0. The second-order valence-electron chi connectivity index (χ2n) is 2.03. The van der Waals surface area contributed by atoms with Gasteiger partial charge in [0.2, 0.25) is 0 Å². The first-order chi connectivity index (χ1) is 4.29. The summed E-state index contributed by atoms with van der Waals surface area (Å²) in [7, 11) is 0. The second kappa shape index (κ2) is 2.97. The molecule has 54 valence electrons. The Morgan fingerprint density at radius 3 is 2.11 bits per heavy atom. The van der Waals surface area contributed by atoms with Crippen molar-refractivity contribution in [3.05, 3.63) is 0 Å². The zero-order valence-corrected chi connectivity index (χ0v) is 8.46. The molecule has 9 heavy (non-hydrogen) atoms. The molecule has 0 nitrogen and oxygen atoms in total. The van der Waals surface area contributed by atoms with E-state index in [1.54, 1.807) is 0 Å². The Bertz CT molecular complexity index is 98.5. The summed E-state index contributed by atoms with van der Waals surface area (Å²) in [6.45, 7) is 2.27. The maximum absolute atomic E-state index is 2.27. The average molecular weight is 180 g/mol. The third-order valence-electron chi connectivity index (χ3n) is 1.58. The summed E-state index contributed by atoms with van der Waals surface area (Å²) in [6.07, 6.45) is 5.74. The molecule has 0 radical (unpaired) electrons. The van der Waals surface area contributed by atoms with E-state index in [1.165, 1.54) is 6.42 Å². The highest BCUT2D eigenvalue weighted by Crippen LogP contribution is 2.67. The maximum atomic E-state index is 2.27. The van der Waals surface area contributed by atoms with Gasteiger partial charge >= 0.3 is 0 Å². The van der Waals surface area contributed by atoms with Crippen molar-refractivity contribution in [2.24, 2.45) is 0 Å². The zero-order valence-electron chi connectivity index (χ0n) is 6.01. The van der Waals surface area contributed by atoms with Gasteiger partial charge in [0.25, 0.3) is 0 Å². The maximum Gasteiger partial charge on any atom is 0.118 e. The van der Waals surface area contributed by atoms with E-state index >= 15 is 0 Å². The van der Waals surface area contributed by atoms with Gasteiger partial charge in [-0.2, -0.15) is 0 Å². The van der Waals surface area contributed by atoms with Crippen LogP contribution >= 0.6 is 35.3 Å². The molecule has 0 N–H and O–H groups in total. The first-order valence-corrected chi connectivity index (χ1v) is 6.40. The molecule has 1 unspecified atom stereocenters. The van der Waals surface area contributed by atoms with Gasteiger partial charge in [-0.05, 0) is 18.9 Å². The third kappa shape index (κ3) is 1.38. The monoisotopic (exact) mass is 180 g/mol. The van der Waals surface area contributed by atoms with E-state index in [2.05, 4.69) is 31.2 Å². The van der Waals surface area contributed by atoms with Crippen LogP contribution in [0.1, 0.15) is 13.3 Å². The molecule has 0 aliphatic carbocycles. The molecule has 1 fully saturated rings. The van der Waals surface area contributed by atoms with E-state index in [4.69, 9.17) is 0 Å². The molecular weight excluding hydrogens is 168 g/mol. The van der Waals surface area contributed by atoms with Gasteiger partial charge in [0.1, 0.15) is 3.41 Å². The van der Waals surface area contributed by atoms with Gasteiger partial charge in [-0.25, -0.2) is 0 Å². The lowest BCUT2D eigenvalue weighted by Crippen LogP contribution is -2.00. The van der Waals surface area contributed by atoms with Crippen LogP contribution in [0.5, 0.6) is 0 Å². The Balaban J connectivity index is 2.37. The van der Waals surface area contributed by atoms with Crippen LogP contribution < -0.4 is 0 Å². The van der Waals surface area contributed by atoms with Gasteiger partial charge in [-0.1, -0.05) is 6.92 Å². The van der Waals surface area contributed by atoms with E-state index in [1.807, 2.05) is 23.5 Å². The highest BCUT2D eigenvalue weighted by molar-refractivity contribution is 8.39. The van der Waals surface area contributed by atoms with E-state index in [-0.39, 0.29) is 0 Å². The number of hydrogen-bond acceptors (Lipinski definition) is 3. The fraction of sp³-hybridized carbons (Fsp3) is 1.00. The molecule has 1 heterocycles. The smallest absolute Gasteiger partial charge is 0.118 e. The zero-order chi connectivity index (χ0) is 6.91. The number of hydrogen-bond donors (Lipinski definition) is 0. The highest BCUT2D eigenvalue weighted by Gasteiger charge is 2.53. The van der Waals surface area contributed by atoms with Gasteiger partial charge < -0.3 is 0 Å². The summed E-state index contributed by atoms with van der Waals surface area (Å²) >= 11 is 6.10. The van der Waals surface area contributed by atoms with E-state index < -0.39 is 0 Å². The van der Waals surface area contributed by atoms with Gasteiger partial charge in [-0.3, -0.25) is 0 Å². The predicted octanol–water partition coefficient (Wildman–Crippen LogP) is 2.89. The van der Waals surface area contributed by atoms with E-state index in [0.29, 0.717) is 3.41 Å². The summed E-state index contributed by atoms with van der Waals surface area (Å²) in [5.74, 6) is 0. The van der Waals surface area contributed by atoms with Crippen LogP contribution in [0.4, 0.5) is 0 Å². The van der Waals surface area contributed by atoms with Crippen molar-refractivity contribution >= 4 is 35.3 Å². The molecule has 0 aromatic rings. The summed E-state index contributed by atoms with van der Waals surface area (Å²) in [6, 6.07) is 0. The van der Waals surface area contributed by atoms with Gasteiger partial charge in [0.15, 0.2) is 0 Å². The van der Waals surface area contributed by atoms with Crippen LogP contribution in [0.25, 0.3) is 0 Å².